The molecule has 2 amide bonds. The number of hydrogen-bond acceptors (Lipinski definition) is 5. The highest BCUT2D eigenvalue weighted by Crippen LogP contribution is 2.30. The number of hydrogen-bond donors (Lipinski definition) is 1. The number of carbonyl (C=O) groups excluding carboxylic acids is 1. The Morgan fingerprint density at radius 2 is 2.35 bits per heavy atom. The number of carbonyl (C=O) groups is 1. The second-order valence-corrected chi connectivity index (χ2v) is 7.15. The second kappa shape index (κ2) is 5.22. The minimum atomic E-state index is -0.0694. The lowest BCUT2D eigenvalue weighted by Crippen LogP contribution is -2.37. The highest BCUT2D eigenvalue weighted by Gasteiger charge is 2.26. The predicted octanol–water partition coefficient (Wildman–Crippen LogP) is 2.29. The van der Waals surface area contributed by atoms with Gasteiger partial charge in [-0.15, -0.1) is 10.2 Å². The summed E-state index contributed by atoms with van der Waals surface area (Å²) in [4.78, 5) is 13.8. The lowest BCUT2D eigenvalue weighted by Gasteiger charge is -2.22. The van der Waals surface area contributed by atoms with E-state index in [-0.39, 0.29) is 10.8 Å². The molecule has 0 atom stereocenters. The minimum absolute atomic E-state index is 0.0694. The molecule has 1 aromatic rings. The number of rotatable bonds is 1. The molecule has 1 aromatic heterocycles. The first-order chi connectivity index (χ1) is 8.07. The fourth-order valence-corrected chi connectivity index (χ4v) is 3.16. The molecule has 0 aromatic carbocycles. The van der Waals surface area contributed by atoms with Gasteiger partial charge in [0.2, 0.25) is 5.13 Å². The molecule has 1 aliphatic rings. The van der Waals surface area contributed by atoms with Crippen LogP contribution in [-0.2, 0) is 0 Å². The van der Waals surface area contributed by atoms with Gasteiger partial charge in [-0.1, -0.05) is 25.2 Å². The Kier molecular flexibility index (Phi) is 3.88. The van der Waals surface area contributed by atoms with Crippen molar-refractivity contribution in [2.45, 2.75) is 25.0 Å². The Morgan fingerprint density at radius 3 is 3.06 bits per heavy atom. The van der Waals surface area contributed by atoms with Gasteiger partial charge in [-0.25, -0.2) is 4.79 Å². The lowest BCUT2D eigenvalue weighted by molar-refractivity contribution is 0.214. The molecule has 17 heavy (non-hydrogen) atoms. The molecular weight excluding hydrogens is 256 g/mol. The summed E-state index contributed by atoms with van der Waals surface area (Å²) in [5.74, 6) is 0.983. The van der Waals surface area contributed by atoms with Gasteiger partial charge in [0, 0.05) is 23.6 Å². The molecule has 94 valence electrons. The molecule has 0 unspecified atom stereocenters. The van der Waals surface area contributed by atoms with Crippen molar-refractivity contribution in [3.8, 4) is 0 Å². The van der Waals surface area contributed by atoms with Gasteiger partial charge in [0.05, 0.1) is 0 Å². The van der Waals surface area contributed by atoms with Gasteiger partial charge in [0.1, 0.15) is 5.51 Å². The van der Waals surface area contributed by atoms with Crippen LogP contribution in [0.2, 0.25) is 0 Å². The van der Waals surface area contributed by atoms with E-state index in [0.717, 1.165) is 25.3 Å². The maximum Gasteiger partial charge on any atom is 0.323 e. The molecule has 7 heteroatoms. The topological polar surface area (TPSA) is 58.1 Å². The maximum atomic E-state index is 12.0. The third-order valence-electron chi connectivity index (χ3n) is 2.70. The Hall–Kier alpha value is -0.820. The number of amides is 2. The van der Waals surface area contributed by atoms with E-state index in [9.17, 15) is 4.79 Å². The summed E-state index contributed by atoms with van der Waals surface area (Å²) in [6, 6.07) is -0.0694. The fourth-order valence-electron chi connectivity index (χ4n) is 1.62. The SMILES string of the molecule is CC1(C)CCN(C(=O)Nc2nncs2)CCS1. The Labute approximate surface area is 109 Å². The molecule has 1 aliphatic heterocycles. The van der Waals surface area contributed by atoms with Crippen LogP contribution in [0.4, 0.5) is 9.93 Å². The summed E-state index contributed by atoms with van der Waals surface area (Å²) in [6.07, 6.45) is 1.02. The predicted molar refractivity (Wildman–Crippen MR) is 71.7 cm³/mol. The highest BCUT2D eigenvalue weighted by molar-refractivity contribution is 8.00. The first-order valence-electron chi connectivity index (χ1n) is 5.53. The van der Waals surface area contributed by atoms with Crippen LogP contribution in [0.15, 0.2) is 5.51 Å². The van der Waals surface area contributed by atoms with Crippen molar-refractivity contribution < 1.29 is 4.79 Å². The Morgan fingerprint density at radius 1 is 1.53 bits per heavy atom. The van der Waals surface area contributed by atoms with Crippen LogP contribution in [0, 0.1) is 0 Å². The van der Waals surface area contributed by atoms with Crippen LogP contribution in [-0.4, -0.2) is 44.7 Å². The van der Waals surface area contributed by atoms with Crippen molar-refractivity contribution in [2.75, 3.05) is 24.2 Å². The first kappa shape index (κ1) is 12.6. The molecule has 1 N–H and O–H groups in total. The van der Waals surface area contributed by atoms with E-state index in [2.05, 4.69) is 29.4 Å². The maximum absolute atomic E-state index is 12.0. The molecule has 0 bridgehead atoms. The average molecular weight is 272 g/mol. The molecule has 0 spiro atoms. The quantitative estimate of drug-likeness (QED) is 0.852. The monoisotopic (exact) mass is 272 g/mol. The van der Waals surface area contributed by atoms with Gasteiger partial charge < -0.3 is 4.90 Å². The van der Waals surface area contributed by atoms with E-state index in [1.54, 1.807) is 5.51 Å². The van der Waals surface area contributed by atoms with Crippen LogP contribution < -0.4 is 5.32 Å². The third-order valence-corrected chi connectivity index (χ3v) is 4.68. The van der Waals surface area contributed by atoms with Gasteiger partial charge in [-0.2, -0.15) is 11.8 Å². The smallest absolute Gasteiger partial charge is 0.323 e. The number of aromatic nitrogens is 2. The van der Waals surface area contributed by atoms with Crippen molar-refractivity contribution in [1.29, 1.82) is 0 Å². The third kappa shape index (κ3) is 3.57. The zero-order valence-corrected chi connectivity index (χ0v) is 11.6. The Bertz CT molecular complexity index is 380. The zero-order valence-electron chi connectivity index (χ0n) is 9.97. The van der Waals surface area contributed by atoms with Crippen molar-refractivity contribution in [1.82, 2.24) is 15.1 Å². The average Bonchev–Trinajstić information content (AvgIpc) is 2.68. The van der Waals surface area contributed by atoms with Crippen LogP contribution in [0.3, 0.4) is 0 Å². The molecule has 2 rings (SSSR count). The Balaban J connectivity index is 1.91. The van der Waals surface area contributed by atoms with E-state index in [0.29, 0.717) is 5.13 Å². The van der Waals surface area contributed by atoms with Crippen molar-refractivity contribution in [2.24, 2.45) is 0 Å². The normalized spacial score (nSPS) is 19.8. The summed E-state index contributed by atoms with van der Waals surface area (Å²) in [5.41, 5.74) is 1.61. The summed E-state index contributed by atoms with van der Waals surface area (Å²) in [5, 5.41) is 10.8. The number of urea groups is 1. The zero-order chi connectivity index (χ0) is 12.3. The van der Waals surface area contributed by atoms with Crippen LogP contribution >= 0.6 is 23.1 Å². The van der Waals surface area contributed by atoms with Crippen molar-refractivity contribution >= 4 is 34.3 Å². The molecule has 0 radical (unpaired) electrons. The standard InChI is InChI=1S/C10H16N4OS2/c1-10(2)3-4-14(5-6-17-10)9(15)12-8-13-11-7-16-8/h7H,3-6H2,1-2H3,(H,12,13,15). The van der Waals surface area contributed by atoms with E-state index in [1.807, 2.05) is 16.7 Å². The van der Waals surface area contributed by atoms with E-state index >= 15 is 0 Å². The molecule has 0 saturated carbocycles. The van der Waals surface area contributed by atoms with E-state index in [1.165, 1.54) is 11.3 Å². The van der Waals surface area contributed by atoms with Gasteiger partial charge in [0.15, 0.2) is 0 Å². The lowest BCUT2D eigenvalue weighted by atomic mass is 10.1. The molecule has 5 nitrogen and oxygen atoms in total. The molecule has 2 heterocycles. The highest BCUT2D eigenvalue weighted by atomic mass is 32.2. The van der Waals surface area contributed by atoms with Gasteiger partial charge in [-0.3, -0.25) is 5.32 Å². The fraction of sp³-hybridized carbons (Fsp3) is 0.700. The van der Waals surface area contributed by atoms with Gasteiger partial charge in [-0.05, 0) is 6.42 Å². The number of nitrogens with zero attached hydrogens (tertiary/aromatic N) is 3. The van der Waals surface area contributed by atoms with Gasteiger partial charge in [0.25, 0.3) is 0 Å². The molecule has 0 aliphatic carbocycles. The number of nitrogens with one attached hydrogen (secondary N) is 1. The summed E-state index contributed by atoms with van der Waals surface area (Å²) in [6.45, 7) is 6.04. The van der Waals surface area contributed by atoms with Crippen LogP contribution in [0.1, 0.15) is 20.3 Å². The van der Waals surface area contributed by atoms with Crippen molar-refractivity contribution in [3.63, 3.8) is 0 Å². The van der Waals surface area contributed by atoms with Gasteiger partial charge >= 0.3 is 6.03 Å². The van der Waals surface area contributed by atoms with E-state index in [4.69, 9.17) is 0 Å². The molecule has 1 saturated heterocycles. The molecule has 1 fully saturated rings. The minimum Gasteiger partial charge on any atom is -0.324 e. The summed E-state index contributed by atoms with van der Waals surface area (Å²) in [7, 11) is 0. The second-order valence-electron chi connectivity index (χ2n) is 4.52. The first-order valence-corrected chi connectivity index (χ1v) is 7.39. The van der Waals surface area contributed by atoms with Crippen LogP contribution in [0.5, 0.6) is 0 Å². The number of thioether (sulfide) groups is 1. The summed E-state index contributed by atoms with van der Waals surface area (Å²) >= 11 is 3.26. The largest absolute Gasteiger partial charge is 0.324 e. The van der Waals surface area contributed by atoms with Crippen LogP contribution in [0.25, 0.3) is 0 Å². The van der Waals surface area contributed by atoms with E-state index < -0.39 is 0 Å². The number of anilines is 1. The molecular formula is C10H16N4OS2. The van der Waals surface area contributed by atoms with Crippen molar-refractivity contribution in [3.05, 3.63) is 5.51 Å². The summed E-state index contributed by atoms with van der Waals surface area (Å²) < 4.78 is 0.262.